The van der Waals surface area contributed by atoms with Crippen LogP contribution in [-0.4, -0.2) is 70.1 Å². The summed E-state index contributed by atoms with van der Waals surface area (Å²) < 4.78 is 0. The first-order chi connectivity index (χ1) is 6.52. The van der Waals surface area contributed by atoms with Crippen LogP contribution in [0.15, 0.2) is 0 Å². The maximum absolute atomic E-state index is 7.52. The van der Waals surface area contributed by atoms with Gasteiger partial charge in [0.15, 0.2) is 5.96 Å². The molecule has 0 heterocycles. The molecule has 5 heteroatoms. The number of nitrogens with zero attached hydrogens (tertiary/aromatic N) is 2. The second kappa shape index (κ2) is 7.58. The number of hydrogen-bond donors (Lipinski definition) is 3. The van der Waals surface area contributed by atoms with E-state index in [0.717, 1.165) is 26.2 Å². The Bertz CT molecular complexity index is 139. The summed E-state index contributed by atoms with van der Waals surface area (Å²) in [5.74, 6) is 0.411. The molecule has 84 valence electrons. The Morgan fingerprint density at radius 2 is 1.29 bits per heavy atom. The highest BCUT2D eigenvalue weighted by atomic mass is 15.2. The third-order valence-electron chi connectivity index (χ3n) is 1.72. The van der Waals surface area contributed by atoms with Gasteiger partial charge in [0.2, 0.25) is 0 Å². The van der Waals surface area contributed by atoms with Gasteiger partial charge < -0.3 is 20.4 Å². The summed E-state index contributed by atoms with van der Waals surface area (Å²) in [5, 5.41) is 13.5. The van der Waals surface area contributed by atoms with E-state index >= 15 is 0 Å². The number of rotatable bonds is 6. The van der Waals surface area contributed by atoms with Gasteiger partial charge in [0.05, 0.1) is 0 Å². The van der Waals surface area contributed by atoms with Crippen molar-refractivity contribution in [2.24, 2.45) is 0 Å². The van der Waals surface area contributed by atoms with E-state index in [0.29, 0.717) is 5.96 Å². The molecule has 3 N–H and O–H groups in total. The largest absolute Gasteiger partial charge is 0.355 e. The molecule has 5 nitrogen and oxygen atoms in total. The van der Waals surface area contributed by atoms with Crippen LogP contribution in [0.25, 0.3) is 0 Å². The van der Waals surface area contributed by atoms with Gasteiger partial charge in [0, 0.05) is 26.2 Å². The Morgan fingerprint density at radius 3 is 1.57 bits per heavy atom. The van der Waals surface area contributed by atoms with E-state index in [9.17, 15) is 0 Å². The van der Waals surface area contributed by atoms with E-state index in [1.165, 1.54) is 0 Å². The molecule has 0 rings (SSSR count). The van der Waals surface area contributed by atoms with Gasteiger partial charge in [-0.15, -0.1) is 0 Å². The number of nitrogens with one attached hydrogen (secondary N) is 3. The first-order valence-corrected chi connectivity index (χ1v) is 4.88. The van der Waals surface area contributed by atoms with Crippen LogP contribution in [0.2, 0.25) is 0 Å². The molecule has 0 aromatic heterocycles. The van der Waals surface area contributed by atoms with E-state index in [2.05, 4.69) is 20.4 Å². The molecule has 14 heavy (non-hydrogen) atoms. The molecule has 0 fully saturated rings. The van der Waals surface area contributed by atoms with Gasteiger partial charge in [0.1, 0.15) is 0 Å². The van der Waals surface area contributed by atoms with Crippen molar-refractivity contribution >= 4 is 5.96 Å². The van der Waals surface area contributed by atoms with Crippen LogP contribution < -0.4 is 10.6 Å². The minimum Gasteiger partial charge on any atom is -0.355 e. The van der Waals surface area contributed by atoms with Gasteiger partial charge in [-0.1, -0.05) is 0 Å². The fourth-order valence-corrected chi connectivity index (χ4v) is 0.872. The molecule has 0 spiro atoms. The average Bonchev–Trinajstić information content (AvgIpc) is 2.02. The molecular formula is C9H23N5. The highest BCUT2D eigenvalue weighted by Crippen LogP contribution is 1.72. The van der Waals surface area contributed by atoms with E-state index in [4.69, 9.17) is 5.41 Å². The second-order valence-electron chi connectivity index (χ2n) is 3.84. The van der Waals surface area contributed by atoms with Crippen molar-refractivity contribution in [3.05, 3.63) is 0 Å². The summed E-state index contributed by atoms with van der Waals surface area (Å²) in [7, 11) is 8.07. The van der Waals surface area contributed by atoms with Crippen molar-refractivity contribution in [3.8, 4) is 0 Å². The Morgan fingerprint density at radius 1 is 0.929 bits per heavy atom. The number of hydrogen-bond acceptors (Lipinski definition) is 3. The second-order valence-corrected chi connectivity index (χ2v) is 3.84. The van der Waals surface area contributed by atoms with Crippen LogP contribution in [0.5, 0.6) is 0 Å². The molecule has 0 saturated heterocycles. The maximum Gasteiger partial charge on any atom is 0.188 e. The molecular weight excluding hydrogens is 178 g/mol. The molecule has 0 aromatic carbocycles. The van der Waals surface area contributed by atoms with Crippen LogP contribution in [0.1, 0.15) is 0 Å². The zero-order valence-electron chi connectivity index (χ0n) is 9.72. The van der Waals surface area contributed by atoms with Gasteiger partial charge in [-0.2, -0.15) is 0 Å². The number of likely N-dealkylation sites (N-methyl/N-ethyl adjacent to an activating group) is 2. The first-order valence-electron chi connectivity index (χ1n) is 4.88. The Kier molecular flexibility index (Phi) is 7.14. The van der Waals surface area contributed by atoms with Crippen LogP contribution in [0.3, 0.4) is 0 Å². The molecule has 0 amide bonds. The van der Waals surface area contributed by atoms with Gasteiger partial charge in [-0.05, 0) is 28.2 Å². The van der Waals surface area contributed by atoms with Gasteiger partial charge in [-0.3, -0.25) is 5.41 Å². The normalized spacial score (nSPS) is 10.7. The van der Waals surface area contributed by atoms with Crippen LogP contribution in [0.4, 0.5) is 0 Å². The van der Waals surface area contributed by atoms with E-state index in [1.54, 1.807) is 0 Å². The lowest BCUT2D eigenvalue weighted by molar-refractivity contribution is 0.405. The summed E-state index contributed by atoms with van der Waals surface area (Å²) in [6.07, 6.45) is 0. The molecule has 0 aliphatic heterocycles. The third-order valence-corrected chi connectivity index (χ3v) is 1.72. The van der Waals surface area contributed by atoms with E-state index in [1.807, 2.05) is 28.2 Å². The molecule has 0 saturated carbocycles. The zero-order valence-corrected chi connectivity index (χ0v) is 9.72. The summed E-state index contributed by atoms with van der Waals surface area (Å²) >= 11 is 0. The third kappa shape index (κ3) is 9.28. The van der Waals surface area contributed by atoms with Gasteiger partial charge >= 0.3 is 0 Å². The molecule has 0 bridgehead atoms. The van der Waals surface area contributed by atoms with Crippen molar-refractivity contribution in [3.63, 3.8) is 0 Å². The predicted octanol–water partition coefficient (Wildman–Crippen LogP) is -0.776. The zero-order chi connectivity index (χ0) is 11.0. The lowest BCUT2D eigenvalue weighted by Crippen LogP contribution is -2.41. The van der Waals surface area contributed by atoms with Crippen molar-refractivity contribution in [2.75, 3.05) is 54.4 Å². The Hall–Kier alpha value is -0.810. The average molecular weight is 201 g/mol. The Balaban J connectivity index is 3.28. The molecule has 0 aliphatic rings. The minimum absolute atomic E-state index is 0.411. The topological polar surface area (TPSA) is 54.4 Å². The smallest absolute Gasteiger partial charge is 0.188 e. The molecule has 0 unspecified atom stereocenters. The van der Waals surface area contributed by atoms with Crippen molar-refractivity contribution in [2.45, 2.75) is 0 Å². The van der Waals surface area contributed by atoms with Crippen molar-refractivity contribution < 1.29 is 0 Å². The van der Waals surface area contributed by atoms with Gasteiger partial charge in [0.25, 0.3) is 0 Å². The highest BCUT2D eigenvalue weighted by Gasteiger charge is 1.95. The maximum atomic E-state index is 7.52. The lowest BCUT2D eigenvalue weighted by Gasteiger charge is -2.14. The summed E-state index contributed by atoms with van der Waals surface area (Å²) in [6.45, 7) is 3.50. The SMILES string of the molecule is CN(C)CCNC(=N)NCCN(C)C. The summed E-state index contributed by atoms with van der Waals surface area (Å²) in [5.41, 5.74) is 0. The molecule has 0 aromatic rings. The molecule has 0 radical (unpaired) electrons. The summed E-state index contributed by atoms with van der Waals surface area (Å²) in [6, 6.07) is 0. The number of guanidine groups is 1. The minimum atomic E-state index is 0.411. The van der Waals surface area contributed by atoms with Crippen LogP contribution >= 0.6 is 0 Å². The van der Waals surface area contributed by atoms with Gasteiger partial charge in [-0.25, -0.2) is 0 Å². The highest BCUT2D eigenvalue weighted by molar-refractivity contribution is 5.76. The molecule has 0 aliphatic carbocycles. The standard InChI is InChI=1S/C9H23N5/c1-13(2)7-5-11-9(10)12-6-8-14(3)4/h5-8H2,1-4H3,(H3,10,11,12). The first kappa shape index (κ1) is 13.2. The Labute approximate surface area is 87.0 Å². The fourth-order valence-electron chi connectivity index (χ4n) is 0.872. The monoisotopic (exact) mass is 201 g/mol. The fraction of sp³-hybridized carbons (Fsp3) is 0.889. The van der Waals surface area contributed by atoms with Crippen molar-refractivity contribution in [1.29, 1.82) is 5.41 Å². The van der Waals surface area contributed by atoms with E-state index in [-0.39, 0.29) is 0 Å². The quantitative estimate of drug-likeness (QED) is 0.390. The van der Waals surface area contributed by atoms with E-state index < -0.39 is 0 Å². The van der Waals surface area contributed by atoms with Crippen molar-refractivity contribution in [1.82, 2.24) is 20.4 Å². The summed E-state index contributed by atoms with van der Waals surface area (Å²) in [4.78, 5) is 4.17. The predicted molar refractivity (Wildman–Crippen MR) is 60.8 cm³/mol. The molecule has 0 atom stereocenters. The van der Waals surface area contributed by atoms with Crippen LogP contribution in [-0.2, 0) is 0 Å². The van der Waals surface area contributed by atoms with Crippen LogP contribution in [0, 0.1) is 5.41 Å². The lowest BCUT2D eigenvalue weighted by atomic mass is 10.5.